The Labute approximate surface area is 227 Å². The summed E-state index contributed by atoms with van der Waals surface area (Å²) in [5.41, 5.74) is 4.87. The third kappa shape index (κ3) is 6.39. The number of aryl methyl sites for hydroxylation is 1. The number of rotatable bonds is 10. The lowest BCUT2D eigenvalue weighted by atomic mass is 10.1. The second kappa shape index (κ2) is 11.9. The van der Waals surface area contributed by atoms with E-state index in [1.54, 1.807) is 6.20 Å². The van der Waals surface area contributed by atoms with Crippen molar-refractivity contribution < 1.29 is 9.53 Å². The molecule has 2 heterocycles. The highest BCUT2D eigenvalue weighted by molar-refractivity contribution is 6.30. The molecule has 0 unspecified atom stereocenters. The SMILES string of the molecule is C[C@H](NC(=O)CCc1nc2cccnc2n1Cc1ccc(OCc2ccccc2)cc1)c1ccc(Cl)cc1. The fourth-order valence-electron chi connectivity index (χ4n) is 4.35. The number of hydrogen-bond donors (Lipinski definition) is 1. The molecule has 0 saturated heterocycles. The van der Waals surface area contributed by atoms with Crippen LogP contribution in [0.15, 0.2) is 97.2 Å². The third-order valence-corrected chi connectivity index (χ3v) is 6.67. The number of imidazole rings is 1. The number of pyridine rings is 1. The maximum Gasteiger partial charge on any atom is 0.220 e. The van der Waals surface area contributed by atoms with Gasteiger partial charge in [0.2, 0.25) is 5.91 Å². The van der Waals surface area contributed by atoms with Crippen LogP contribution in [0.3, 0.4) is 0 Å². The van der Waals surface area contributed by atoms with Gasteiger partial charge in [-0.25, -0.2) is 9.97 Å². The standard InChI is InChI=1S/C31H29ClN4O2/c1-22(25-11-13-26(32)14-12-25)34-30(37)18-17-29-35-28-8-5-19-33-31(28)36(29)20-23-9-15-27(16-10-23)38-21-24-6-3-2-4-7-24/h2-16,19,22H,17-18,20-21H2,1H3,(H,34,37)/t22-/m0/s1. The van der Waals surface area contributed by atoms with E-state index in [1.165, 1.54) is 0 Å². The summed E-state index contributed by atoms with van der Waals surface area (Å²) in [6.07, 6.45) is 2.60. The molecule has 2 aromatic heterocycles. The number of amides is 1. The van der Waals surface area contributed by atoms with Crippen LogP contribution < -0.4 is 10.1 Å². The van der Waals surface area contributed by atoms with E-state index in [2.05, 4.69) is 27.0 Å². The van der Waals surface area contributed by atoms with Gasteiger partial charge in [-0.05, 0) is 60.0 Å². The van der Waals surface area contributed by atoms with E-state index < -0.39 is 0 Å². The average Bonchev–Trinajstić information content (AvgIpc) is 3.29. The minimum absolute atomic E-state index is 0.0288. The highest BCUT2D eigenvalue weighted by Crippen LogP contribution is 2.20. The molecule has 0 aliphatic heterocycles. The minimum Gasteiger partial charge on any atom is -0.489 e. The highest BCUT2D eigenvalue weighted by Gasteiger charge is 2.15. The van der Waals surface area contributed by atoms with Crippen molar-refractivity contribution in [2.24, 2.45) is 0 Å². The Kier molecular flexibility index (Phi) is 8.00. The van der Waals surface area contributed by atoms with Gasteiger partial charge < -0.3 is 14.6 Å². The number of nitrogens with zero attached hydrogens (tertiary/aromatic N) is 3. The molecule has 0 saturated carbocycles. The molecule has 1 atom stereocenters. The molecule has 7 heteroatoms. The summed E-state index contributed by atoms with van der Waals surface area (Å²) in [5, 5.41) is 3.75. The van der Waals surface area contributed by atoms with Crippen molar-refractivity contribution in [3.63, 3.8) is 0 Å². The Morgan fingerprint density at radius 3 is 2.47 bits per heavy atom. The molecule has 0 fully saturated rings. The topological polar surface area (TPSA) is 69.0 Å². The zero-order valence-electron chi connectivity index (χ0n) is 21.2. The van der Waals surface area contributed by atoms with Crippen LogP contribution in [0.2, 0.25) is 5.02 Å². The van der Waals surface area contributed by atoms with Crippen molar-refractivity contribution in [1.82, 2.24) is 19.9 Å². The number of hydrogen-bond acceptors (Lipinski definition) is 4. The van der Waals surface area contributed by atoms with Gasteiger partial charge in [-0.1, -0.05) is 66.2 Å². The van der Waals surface area contributed by atoms with E-state index in [-0.39, 0.29) is 11.9 Å². The number of fused-ring (bicyclic) bond motifs is 1. The van der Waals surface area contributed by atoms with Crippen molar-refractivity contribution >= 4 is 28.7 Å². The van der Waals surface area contributed by atoms with Crippen molar-refractivity contribution in [2.45, 2.75) is 39.0 Å². The first-order valence-corrected chi connectivity index (χ1v) is 13.0. The van der Waals surface area contributed by atoms with Gasteiger partial charge in [0.1, 0.15) is 23.7 Å². The minimum atomic E-state index is -0.108. The number of benzene rings is 3. The van der Waals surface area contributed by atoms with E-state index >= 15 is 0 Å². The average molecular weight is 525 g/mol. The van der Waals surface area contributed by atoms with Gasteiger partial charge in [0.05, 0.1) is 12.6 Å². The van der Waals surface area contributed by atoms with E-state index in [9.17, 15) is 4.79 Å². The quantitative estimate of drug-likeness (QED) is 0.226. The van der Waals surface area contributed by atoms with Crippen molar-refractivity contribution in [1.29, 1.82) is 0 Å². The second-order valence-corrected chi connectivity index (χ2v) is 9.66. The van der Waals surface area contributed by atoms with Crippen LogP contribution in [-0.4, -0.2) is 20.4 Å². The number of nitrogens with one attached hydrogen (secondary N) is 1. The lowest BCUT2D eigenvalue weighted by Crippen LogP contribution is -2.27. The predicted molar refractivity (Wildman–Crippen MR) is 150 cm³/mol. The van der Waals surface area contributed by atoms with Crippen LogP contribution in [0.5, 0.6) is 5.75 Å². The van der Waals surface area contributed by atoms with E-state index in [0.717, 1.165) is 39.4 Å². The molecule has 0 bridgehead atoms. The molecule has 0 aliphatic carbocycles. The number of carbonyl (C=O) groups excluding carboxylic acids is 1. The molecule has 3 aromatic carbocycles. The molecular formula is C31H29ClN4O2. The molecule has 0 aliphatic rings. The van der Waals surface area contributed by atoms with E-state index in [0.29, 0.717) is 31.0 Å². The predicted octanol–water partition coefficient (Wildman–Crippen LogP) is 6.52. The summed E-state index contributed by atoms with van der Waals surface area (Å²) < 4.78 is 8.02. The largest absolute Gasteiger partial charge is 0.489 e. The van der Waals surface area contributed by atoms with Crippen LogP contribution >= 0.6 is 11.6 Å². The first-order chi connectivity index (χ1) is 18.5. The first kappa shape index (κ1) is 25.5. The zero-order valence-corrected chi connectivity index (χ0v) is 21.9. The van der Waals surface area contributed by atoms with Gasteiger partial charge in [0, 0.05) is 24.1 Å². The summed E-state index contributed by atoms with van der Waals surface area (Å²) in [4.78, 5) is 22.1. The first-order valence-electron chi connectivity index (χ1n) is 12.7. The van der Waals surface area contributed by atoms with Crippen molar-refractivity contribution in [3.8, 4) is 5.75 Å². The zero-order chi connectivity index (χ0) is 26.3. The van der Waals surface area contributed by atoms with Gasteiger partial charge in [-0.2, -0.15) is 0 Å². The Balaban J connectivity index is 1.24. The number of halogens is 1. The summed E-state index contributed by atoms with van der Waals surface area (Å²) in [7, 11) is 0. The lowest BCUT2D eigenvalue weighted by Gasteiger charge is -2.15. The molecule has 1 amide bonds. The van der Waals surface area contributed by atoms with Gasteiger partial charge >= 0.3 is 0 Å². The number of carbonyl (C=O) groups is 1. The highest BCUT2D eigenvalue weighted by atomic mass is 35.5. The summed E-state index contributed by atoms with van der Waals surface area (Å²) in [5.74, 6) is 1.62. The second-order valence-electron chi connectivity index (χ2n) is 9.22. The van der Waals surface area contributed by atoms with Crippen LogP contribution in [0.25, 0.3) is 11.2 Å². The van der Waals surface area contributed by atoms with Crippen LogP contribution in [0.4, 0.5) is 0 Å². The fourth-order valence-corrected chi connectivity index (χ4v) is 4.48. The van der Waals surface area contributed by atoms with Gasteiger partial charge in [-0.3, -0.25) is 4.79 Å². The maximum atomic E-state index is 12.7. The summed E-state index contributed by atoms with van der Waals surface area (Å²) in [6, 6.07) is 29.4. The molecule has 6 nitrogen and oxygen atoms in total. The summed E-state index contributed by atoms with van der Waals surface area (Å²) in [6.45, 7) is 3.09. The monoisotopic (exact) mass is 524 g/mol. The Morgan fingerprint density at radius 2 is 1.71 bits per heavy atom. The molecule has 0 spiro atoms. The Bertz CT molecular complexity index is 1500. The Morgan fingerprint density at radius 1 is 0.947 bits per heavy atom. The third-order valence-electron chi connectivity index (χ3n) is 6.42. The van der Waals surface area contributed by atoms with Crippen LogP contribution in [0, 0.1) is 0 Å². The molecule has 0 radical (unpaired) electrons. The number of aromatic nitrogens is 3. The van der Waals surface area contributed by atoms with Crippen LogP contribution in [-0.2, 0) is 24.4 Å². The normalized spacial score (nSPS) is 11.8. The molecule has 192 valence electrons. The molecule has 5 rings (SSSR count). The lowest BCUT2D eigenvalue weighted by molar-refractivity contribution is -0.121. The summed E-state index contributed by atoms with van der Waals surface area (Å²) >= 11 is 5.98. The van der Waals surface area contributed by atoms with E-state index in [4.69, 9.17) is 21.3 Å². The van der Waals surface area contributed by atoms with Gasteiger partial charge in [0.25, 0.3) is 0 Å². The molecule has 38 heavy (non-hydrogen) atoms. The number of ether oxygens (including phenoxy) is 1. The van der Waals surface area contributed by atoms with Crippen LogP contribution in [0.1, 0.15) is 41.9 Å². The Hall–Kier alpha value is -4.16. The molecule has 5 aromatic rings. The smallest absolute Gasteiger partial charge is 0.220 e. The molecular weight excluding hydrogens is 496 g/mol. The van der Waals surface area contributed by atoms with Gasteiger partial charge in [-0.15, -0.1) is 0 Å². The molecule has 1 N–H and O–H groups in total. The van der Waals surface area contributed by atoms with Gasteiger partial charge in [0.15, 0.2) is 5.65 Å². The van der Waals surface area contributed by atoms with Crippen molar-refractivity contribution in [2.75, 3.05) is 0 Å². The fraction of sp³-hybridized carbons (Fsp3) is 0.194. The van der Waals surface area contributed by atoms with E-state index in [1.807, 2.05) is 85.8 Å². The van der Waals surface area contributed by atoms with Crippen molar-refractivity contribution in [3.05, 3.63) is 125 Å². The maximum absolute atomic E-state index is 12.7.